The molecule has 1 unspecified atom stereocenters. The highest BCUT2D eigenvalue weighted by molar-refractivity contribution is 5.82. The molecule has 0 spiro atoms. The summed E-state index contributed by atoms with van der Waals surface area (Å²) >= 11 is 0. The van der Waals surface area contributed by atoms with Gasteiger partial charge in [-0.3, -0.25) is 9.80 Å². The maximum Gasteiger partial charge on any atom is 0.123 e. The molecule has 2 fully saturated rings. The number of nitrogens with zero attached hydrogens (tertiary/aromatic N) is 2. The van der Waals surface area contributed by atoms with Gasteiger partial charge in [-0.2, -0.15) is 0 Å². The average Bonchev–Trinajstić information content (AvgIpc) is 2.82. The van der Waals surface area contributed by atoms with Crippen LogP contribution in [0, 0.1) is 11.6 Å². The maximum absolute atomic E-state index is 13.6. The Kier molecular flexibility index (Phi) is 6.15. The number of rotatable bonds is 4. The summed E-state index contributed by atoms with van der Waals surface area (Å²) in [6.07, 6.45) is 2.11. The molecule has 32 heavy (non-hydrogen) atoms. The number of hydrogen-bond donors (Lipinski definition) is 0. The van der Waals surface area contributed by atoms with Gasteiger partial charge in [0.25, 0.3) is 0 Å². The lowest BCUT2D eigenvalue weighted by Gasteiger charge is -2.45. The molecule has 3 aromatic rings. The zero-order valence-corrected chi connectivity index (χ0v) is 18.2. The Hall–Kier alpha value is -2.82. The van der Waals surface area contributed by atoms with Crippen LogP contribution in [0.5, 0.6) is 0 Å². The first-order chi connectivity index (χ1) is 15.7. The number of hydrogen-bond acceptors (Lipinski definition) is 2. The van der Waals surface area contributed by atoms with Gasteiger partial charge in [0.1, 0.15) is 11.6 Å². The second kappa shape index (κ2) is 9.35. The molecule has 0 radical (unpaired) electrons. The van der Waals surface area contributed by atoms with Crippen molar-refractivity contribution in [1.29, 1.82) is 0 Å². The fourth-order valence-electron chi connectivity index (χ4n) is 5.10. The molecular weight excluding hydrogens is 402 g/mol. The lowest BCUT2D eigenvalue weighted by atomic mass is 9.86. The zero-order valence-electron chi connectivity index (χ0n) is 18.2. The van der Waals surface area contributed by atoms with Gasteiger partial charge < -0.3 is 0 Å². The second-order valence-electron chi connectivity index (χ2n) is 8.88. The highest BCUT2D eigenvalue weighted by atomic mass is 19.1. The van der Waals surface area contributed by atoms with Crippen LogP contribution in [0.4, 0.5) is 8.78 Å². The van der Waals surface area contributed by atoms with E-state index in [1.807, 2.05) is 24.3 Å². The molecule has 2 saturated heterocycles. The predicted octanol–water partition coefficient (Wildman–Crippen LogP) is 5.75. The summed E-state index contributed by atoms with van der Waals surface area (Å²) in [6.45, 7) is 5.10. The van der Waals surface area contributed by atoms with Crippen molar-refractivity contribution in [3.63, 3.8) is 0 Å². The van der Waals surface area contributed by atoms with Crippen LogP contribution >= 0.6 is 0 Å². The molecule has 0 N–H and O–H groups in total. The molecule has 0 saturated carbocycles. The van der Waals surface area contributed by atoms with Crippen LogP contribution in [0.3, 0.4) is 0 Å². The number of piperazine rings is 1. The molecule has 2 heterocycles. The molecule has 164 valence electrons. The van der Waals surface area contributed by atoms with Crippen molar-refractivity contribution >= 4 is 5.57 Å². The van der Waals surface area contributed by atoms with E-state index in [1.165, 1.54) is 35.4 Å². The lowest BCUT2D eigenvalue weighted by molar-refractivity contribution is 0.0608. The summed E-state index contributed by atoms with van der Waals surface area (Å²) in [4.78, 5) is 5.15. The van der Waals surface area contributed by atoms with Crippen LogP contribution < -0.4 is 0 Å². The van der Waals surface area contributed by atoms with Gasteiger partial charge in [0.05, 0.1) is 0 Å². The molecule has 4 heteroatoms. The van der Waals surface area contributed by atoms with Crippen molar-refractivity contribution < 1.29 is 8.78 Å². The van der Waals surface area contributed by atoms with Gasteiger partial charge in [-0.15, -0.1) is 0 Å². The molecule has 0 bridgehead atoms. The van der Waals surface area contributed by atoms with Gasteiger partial charge >= 0.3 is 0 Å². The Morgan fingerprint density at radius 3 is 2.03 bits per heavy atom. The second-order valence-corrected chi connectivity index (χ2v) is 8.88. The SMILES string of the molecule is Fc1ccc(C(=C2CCC3CN(Cc4ccccc4)CCN3C2)c2ccc(F)cc2)cc1. The standard InChI is InChI=1S/C28H28F2N2/c29-25-11-6-22(7-12-25)28(23-8-13-26(30)14-9-23)24-10-15-27-20-31(16-17-32(27)19-24)18-21-4-2-1-3-5-21/h1-9,11-14,27H,10,15-20H2. The smallest absolute Gasteiger partial charge is 0.123 e. The van der Waals surface area contributed by atoms with E-state index in [0.29, 0.717) is 6.04 Å². The Labute approximate surface area is 188 Å². The third-order valence-corrected chi connectivity index (χ3v) is 6.73. The van der Waals surface area contributed by atoms with Crippen molar-refractivity contribution in [1.82, 2.24) is 9.80 Å². The molecule has 5 rings (SSSR count). The molecule has 2 nitrogen and oxygen atoms in total. The van der Waals surface area contributed by atoms with Gasteiger partial charge in [-0.05, 0) is 64.9 Å². The first-order valence-corrected chi connectivity index (χ1v) is 11.4. The van der Waals surface area contributed by atoms with E-state index in [4.69, 9.17) is 0 Å². The maximum atomic E-state index is 13.6. The third kappa shape index (κ3) is 4.67. The van der Waals surface area contributed by atoms with Crippen molar-refractivity contribution in [2.24, 2.45) is 0 Å². The summed E-state index contributed by atoms with van der Waals surface area (Å²) in [6, 6.07) is 24.6. The van der Waals surface area contributed by atoms with Crippen LogP contribution in [0.2, 0.25) is 0 Å². The Morgan fingerprint density at radius 2 is 1.41 bits per heavy atom. The van der Waals surface area contributed by atoms with Gasteiger partial charge in [-0.25, -0.2) is 8.78 Å². The molecule has 0 aliphatic carbocycles. The predicted molar refractivity (Wildman–Crippen MR) is 125 cm³/mol. The minimum Gasteiger partial charge on any atom is -0.296 e. The van der Waals surface area contributed by atoms with Crippen molar-refractivity contribution in [2.45, 2.75) is 25.4 Å². The molecule has 2 aliphatic rings. The molecule has 3 aromatic carbocycles. The van der Waals surface area contributed by atoms with Crippen molar-refractivity contribution in [3.8, 4) is 0 Å². The molecule has 1 atom stereocenters. The van der Waals surface area contributed by atoms with E-state index in [1.54, 1.807) is 0 Å². The minimum absolute atomic E-state index is 0.240. The Bertz CT molecular complexity index is 1030. The van der Waals surface area contributed by atoms with Gasteiger partial charge in [0.15, 0.2) is 0 Å². The summed E-state index contributed by atoms with van der Waals surface area (Å²) < 4.78 is 27.2. The largest absolute Gasteiger partial charge is 0.296 e. The third-order valence-electron chi connectivity index (χ3n) is 6.73. The Balaban J connectivity index is 1.38. The quantitative estimate of drug-likeness (QED) is 0.520. The minimum atomic E-state index is -0.240. The van der Waals surface area contributed by atoms with Crippen LogP contribution in [-0.2, 0) is 6.54 Å². The fourth-order valence-corrected chi connectivity index (χ4v) is 5.10. The van der Waals surface area contributed by atoms with E-state index < -0.39 is 0 Å². The van der Waals surface area contributed by atoms with Crippen molar-refractivity contribution in [3.05, 3.63) is 113 Å². The lowest BCUT2D eigenvalue weighted by Crippen LogP contribution is -2.54. The van der Waals surface area contributed by atoms with E-state index in [2.05, 4.69) is 40.1 Å². The molecule has 0 aromatic heterocycles. The fraction of sp³-hybridized carbons (Fsp3) is 0.286. The van der Waals surface area contributed by atoms with Gasteiger partial charge in [0.2, 0.25) is 0 Å². The first kappa shape index (κ1) is 21.0. The van der Waals surface area contributed by atoms with Gasteiger partial charge in [0, 0.05) is 38.8 Å². The van der Waals surface area contributed by atoms with E-state index >= 15 is 0 Å². The van der Waals surface area contributed by atoms with E-state index in [9.17, 15) is 8.78 Å². The number of halogens is 2. The first-order valence-electron chi connectivity index (χ1n) is 11.4. The summed E-state index contributed by atoms with van der Waals surface area (Å²) in [5.41, 5.74) is 5.83. The zero-order chi connectivity index (χ0) is 21.9. The number of fused-ring (bicyclic) bond motifs is 1. The van der Waals surface area contributed by atoms with E-state index in [0.717, 1.165) is 62.3 Å². The highest BCUT2D eigenvalue weighted by Gasteiger charge is 2.32. The van der Waals surface area contributed by atoms with Crippen molar-refractivity contribution in [2.75, 3.05) is 26.2 Å². The molecule has 2 aliphatic heterocycles. The highest BCUT2D eigenvalue weighted by Crippen LogP contribution is 2.34. The van der Waals surface area contributed by atoms with Crippen LogP contribution in [0.25, 0.3) is 5.57 Å². The molecule has 0 amide bonds. The number of piperidine rings is 1. The van der Waals surface area contributed by atoms with Gasteiger partial charge in [-0.1, -0.05) is 54.6 Å². The van der Waals surface area contributed by atoms with Crippen LogP contribution in [-0.4, -0.2) is 42.0 Å². The van der Waals surface area contributed by atoms with E-state index in [-0.39, 0.29) is 11.6 Å². The topological polar surface area (TPSA) is 6.48 Å². The summed E-state index contributed by atoms with van der Waals surface area (Å²) in [5.74, 6) is -0.481. The average molecular weight is 431 g/mol. The normalized spacial score (nSPS) is 19.6. The summed E-state index contributed by atoms with van der Waals surface area (Å²) in [7, 11) is 0. The monoisotopic (exact) mass is 430 g/mol. The van der Waals surface area contributed by atoms with Crippen LogP contribution in [0.15, 0.2) is 84.4 Å². The molecular formula is C28H28F2N2. The number of benzene rings is 3. The van der Waals surface area contributed by atoms with Crippen LogP contribution in [0.1, 0.15) is 29.5 Å². The Morgan fingerprint density at radius 1 is 0.781 bits per heavy atom. The summed E-state index contributed by atoms with van der Waals surface area (Å²) in [5, 5.41) is 0.